The summed E-state index contributed by atoms with van der Waals surface area (Å²) in [5.41, 5.74) is 5.28. The molecule has 0 radical (unpaired) electrons. The molecule has 0 saturated heterocycles. The lowest BCUT2D eigenvalue weighted by Gasteiger charge is -1.91. The van der Waals surface area contributed by atoms with Crippen molar-refractivity contribution in [2.24, 2.45) is 0 Å². The molecule has 0 amide bonds. The first-order chi connectivity index (χ1) is 5.33. The van der Waals surface area contributed by atoms with Crippen LogP contribution in [0.3, 0.4) is 0 Å². The first-order valence-electron chi connectivity index (χ1n) is 2.98. The third-order valence-electron chi connectivity index (χ3n) is 1.11. The summed E-state index contributed by atoms with van der Waals surface area (Å²) in [6.07, 6.45) is 5.92. The zero-order valence-electron chi connectivity index (χ0n) is 5.63. The van der Waals surface area contributed by atoms with Crippen molar-refractivity contribution in [2.75, 3.05) is 0 Å². The first-order valence-corrected chi connectivity index (χ1v) is 2.98. The van der Waals surface area contributed by atoms with Gasteiger partial charge in [0.25, 0.3) is 0 Å². The van der Waals surface area contributed by atoms with Gasteiger partial charge < -0.3 is 0 Å². The number of carbonyl (C=O) groups is 1. The fourth-order valence-electron chi connectivity index (χ4n) is 0.636. The molecular weight excluding hydrogens is 140 g/mol. The van der Waals surface area contributed by atoms with Crippen LogP contribution in [0.15, 0.2) is 41.3 Å². The third-order valence-corrected chi connectivity index (χ3v) is 1.11. The molecule has 0 aromatic rings. The van der Waals surface area contributed by atoms with E-state index in [1.165, 1.54) is 18.1 Å². The molecule has 0 bridgehead atoms. The number of carbonyl (C=O) groups excluding carboxylic acids is 2. The van der Waals surface area contributed by atoms with E-state index in [4.69, 9.17) is 0 Å². The summed E-state index contributed by atoms with van der Waals surface area (Å²) in [5.74, 6) is 1.38. The molecule has 0 aromatic heterocycles. The molecular formula is C9H4O2. The van der Waals surface area contributed by atoms with E-state index in [1.807, 2.05) is 0 Å². The normalized spacial score (nSPS) is 13.8. The predicted octanol–water partition coefficient (Wildman–Crippen LogP) is 0.750. The maximum Gasteiger partial charge on any atom is 0.185 e. The van der Waals surface area contributed by atoms with E-state index in [0.29, 0.717) is 5.57 Å². The molecule has 0 N–H and O–H groups in total. The zero-order valence-corrected chi connectivity index (χ0v) is 5.63. The molecule has 0 atom stereocenters. The van der Waals surface area contributed by atoms with E-state index in [1.54, 1.807) is 12.2 Å². The van der Waals surface area contributed by atoms with E-state index < -0.39 is 0 Å². The Hall–Kier alpha value is -1.84. The van der Waals surface area contributed by atoms with Gasteiger partial charge in [-0.1, -0.05) is 5.73 Å². The summed E-state index contributed by atoms with van der Waals surface area (Å²) in [6, 6.07) is 0. The fourth-order valence-corrected chi connectivity index (χ4v) is 0.636. The summed E-state index contributed by atoms with van der Waals surface area (Å²) in [5, 5.41) is 0. The number of allylic oxidation sites excluding steroid dienone is 5. The van der Waals surface area contributed by atoms with E-state index in [-0.39, 0.29) is 5.78 Å². The molecule has 0 saturated carbocycles. The van der Waals surface area contributed by atoms with Gasteiger partial charge in [-0.2, -0.15) is 0 Å². The Bertz CT molecular complexity index is 335. The highest BCUT2D eigenvalue weighted by atomic mass is 16.1. The van der Waals surface area contributed by atoms with Crippen molar-refractivity contribution < 1.29 is 9.59 Å². The van der Waals surface area contributed by atoms with Gasteiger partial charge in [0.2, 0.25) is 0 Å². The molecule has 0 fully saturated rings. The highest BCUT2D eigenvalue weighted by molar-refractivity contribution is 6.01. The summed E-state index contributed by atoms with van der Waals surface area (Å²) in [7, 11) is 0. The second kappa shape index (κ2) is 3.36. The number of hydrogen-bond acceptors (Lipinski definition) is 2. The quantitative estimate of drug-likeness (QED) is 0.371. The SMILES string of the molecule is O=C=C=C=C1C=CC(=O)C=C1. The van der Waals surface area contributed by atoms with Gasteiger partial charge in [-0.15, -0.1) is 0 Å². The lowest BCUT2D eigenvalue weighted by atomic mass is 10.1. The predicted molar refractivity (Wildman–Crippen MR) is 39.5 cm³/mol. The first kappa shape index (κ1) is 7.27. The molecule has 0 heterocycles. The average molecular weight is 144 g/mol. The number of rotatable bonds is 0. The Kier molecular flexibility index (Phi) is 2.22. The third kappa shape index (κ3) is 2.09. The Morgan fingerprint density at radius 3 is 2.27 bits per heavy atom. The van der Waals surface area contributed by atoms with Crippen molar-refractivity contribution in [3.63, 3.8) is 0 Å². The van der Waals surface area contributed by atoms with Gasteiger partial charge in [0.1, 0.15) is 0 Å². The molecule has 0 unspecified atom stereocenters. The fraction of sp³-hybridized carbons (Fsp3) is 0. The van der Waals surface area contributed by atoms with Gasteiger partial charge in [0.05, 0.1) is 0 Å². The van der Waals surface area contributed by atoms with Crippen molar-refractivity contribution in [2.45, 2.75) is 0 Å². The summed E-state index contributed by atoms with van der Waals surface area (Å²) >= 11 is 0. The van der Waals surface area contributed by atoms with E-state index in [9.17, 15) is 9.59 Å². The Balaban J connectivity index is 3.07. The van der Waals surface area contributed by atoms with Crippen molar-refractivity contribution >= 4 is 11.7 Å². The van der Waals surface area contributed by atoms with Gasteiger partial charge >= 0.3 is 0 Å². The van der Waals surface area contributed by atoms with Gasteiger partial charge in [-0.25, -0.2) is 4.79 Å². The minimum Gasteiger partial charge on any atom is -0.290 e. The molecule has 1 aliphatic rings. The molecule has 52 valence electrons. The Morgan fingerprint density at radius 1 is 1.09 bits per heavy atom. The van der Waals surface area contributed by atoms with E-state index >= 15 is 0 Å². The van der Waals surface area contributed by atoms with E-state index in [2.05, 4.69) is 11.5 Å². The van der Waals surface area contributed by atoms with Crippen molar-refractivity contribution in [1.29, 1.82) is 0 Å². The van der Waals surface area contributed by atoms with Crippen LogP contribution in [0.2, 0.25) is 0 Å². The monoisotopic (exact) mass is 144 g/mol. The average Bonchev–Trinajstić information content (AvgIpc) is 2.04. The molecule has 0 spiro atoms. The zero-order chi connectivity index (χ0) is 8.10. The van der Waals surface area contributed by atoms with Crippen LogP contribution in [0.25, 0.3) is 0 Å². The van der Waals surface area contributed by atoms with E-state index in [0.717, 1.165) is 0 Å². The Labute approximate surface area is 63.5 Å². The van der Waals surface area contributed by atoms with Gasteiger partial charge in [0.15, 0.2) is 11.7 Å². The second-order valence-corrected chi connectivity index (χ2v) is 1.88. The molecule has 11 heavy (non-hydrogen) atoms. The molecule has 0 aliphatic heterocycles. The molecule has 2 nitrogen and oxygen atoms in total. The minimum absolute atomic E-state index is 0.0642. The minimum atomic E-state index is -0.0642. The van der Waals surface area contributed by atoms with Gasteiger partial charge in [-0.3, -0.25) is 4.79 Å². The van der Waals surface area contributed by atoms with Gasteiger partial charge in [-0.05, 0) is 24.3 Å². The largest absolute Gasteiger partial charge is 0.290 e. The maximum absolute atomic E-state index is 10.6. The lowest BCUT2D eigenvalue weighted by molar-refractivity contribution is -0.110. The van der Waals surface area contributed by atoms with Crippen LogP contribution in [0, 0.1) is 0 Å². The van der Waals surface area contributed by atoms with Crippen molar-refractivity contribution in [3.05, 3.63) is 41.3 Å². The van der Waals surface area contributed by atoms with Crippen LogP contribution in [0.5, 0.6) is 0 Å². The summed E-state index contributed by atoms with van der Waals surface area (Å²) in [4.78, 5) is 20.3. The van der Waals surface area contributed by atoms with Crippen LogP contribution >= 0.6 is 0 Å². The summed E-state index contributed by atoms with van der Waals surface area (Å²) in [6.45, 7) is 0. The van der Waals surface area contributed by atoms with Crippen LogP contribution in [-0.2, 0) is 9.59 Å². The highest BCUT2D eigenvalue weighted by Crippen LogP contribution is 2.02. The van der Waals surface area contributed by atoms with Crippen LogP contribution in [-0.4, -0.2) is 11.7 Å². The van der Waals surface area contributed by atoms with Crippen LogP contribution in [0.4, 0.5) is 0 Å². The van der Waals surface area contributed by atoms with Crippen molar-refractivity contribution in [3.8, 4) is 0 Å². The summed E-state index contributed by atoms with van der Waals surface area (Å²) < 4.78 is 0. The van der Waals surface area contributed by atoms with Crippen molar-refractivity contribution in [1.82, 2.24) is 0 Å². The van der Waals surface area contributed by atoms with Crippen LogP contribution in [0.1, 0.15) is 0 Å². The topological polar surface area (TPSA) is 34.1 Å². The van der Waals surface area contributed by atoms with Crippen LogP contribution < -0.4 is 0 Å². The molecule has 0 aromatic carbocycles. The number of hydrogen-bond donors (Lipinski definition) is 0. The lowest BCUT2D eigenvalue weighted by Crippen LogP contribution is -1.89. The smallest absolute Gasteiger partial charge is 0.185 e. The maximum atomic E-state index is 10.6. The molecule has 1 aliphatic carbocycles. The second-order valence-electron chi connectivity index (χ2n) is 1.88. The van der Waals surface area contributed by atoms with Gasteiger partial charge in [0, 0.05) is 11.3 Å². The molecule has 1 rings (SSSR count). The number of ketones is 1. The highest BCUT2D eigenvalue weighted by Gasteiger charge is 1.95. The Morgan fingerprint density at radius 2 is 1.73 bits per heavy atom. The standard InChI is InChI=1S/C9H4O2/c10-7-1-2-8-3-5-9(11)6-4-8/h3-6H. The molecule has 2 heteroatoms.